The highest BCUT2D eigenvalue weighted by Crippen LogP contribution is 2.29. The molecule has 5 heteroatoms. The molecule has 0 aliphatic carbocycles. The van der Waals surface area contributed by atoms with Gasteiger partial charge in [0.05, 0.1) is 0 Å². The number of hydrogen-bond donors (Lipinski definition) is 1. The molecule has 2 rings (SSSR count). The van der Waals surface area contributed by atoms with Crippen LogP contribution >= 0.6 is 27.3 Å². The van der Waals surface area contributed by atoms with E-state index in [2.05, 4.69) is 31.4 Å². The summed E-state index contributed by atoms with van der Waals surface area (Å²) in [5.74, 6) is 0.634. The molecule has 1 aliphatic rings. The smallest absolute Gasteiger partial charge is 0.183 e. The molecule has 0 radical (unpaired) electrons. The number of nitrogens with one attached hydrogen (secondary N) is 1. The summed E-state index contributed by atoms with van der Waals surface area (Å²) in [5, 5.41) is 12.6. The molecule has 0 spiro atoms. The highest BCUT2D eigenvalue weighted by Gasteiger charge is 2.18. The molecule has 1 aliphatic heterocycles. The van der Waals surface area contributed by atoms with Crippen LogP contribution in [0.25, 0.3) is 0 Å². The predicted molar refractivity (Wildman–Crippen MR) is 52.5 cm³/mol. The van der Waals surface area contributed by atoms with E-state index in [0.29, 0.717) is 5.92 Å². The van der Waals surface area contributed by atoms with Crippen molar-refractivity contribution in [1.29, 1.82) is 0 Å². The summed E-state index contributed by atoms with van der Waals surface area (Å²) in [5.41, 5.74) is 0. The molecule has 0 amide bonds. The van der Waals surface area contributed by atoms with Gasteiger partial charge in [-0.25, -0.2) is 0 Å². The fraction of sp³-hybridized carbons (Fsp3) is 0.714. The van der Waals surface area contributed by atoms with Crippen LogP contribution < -0.4 is 5.32 Å². The third-order valence-electron chi connectivity index (χ3n) is 2.10. The van der Waals surface area contributed by atoms with E-state index in [0.717, 1.165) is 17.0 Å². The van der Waals surface area contributed by atoms with Crippen LogP contribution in [0, 0.1) is 0 Å². The van der Waals surface area contributed by atoms with Gasteiger partial charge in [-0.2, -0.15) is 0 Å². The highest BCUT2D eigenvalue weighted by atomic mass is 79.9. The van der Waals surface area contributed by atoms with E-state index in [-0.39, 0.29) is 0 Å². The number of piperidine rings is 1. The zero-order chi connectivity index (χ0) is 8.39. The molecule has 2 heterocycles. The summed E-state index contributed by atoms with van der Waals surface area (Å²) >= 11 is 4.99. The SMILES string of the molecule is Brc1nnc(C2CCNCC2)s1. The van der Waals surface area contributed by atoms with Crippen LogP contribution in [0.5, 0.6) is 0 Å². The van der Waals surface area contributed by atoms with Crippen molar-refractivity contribution in [2.75, 3.05) is 13.1 Å². The Morgan fingerprint density at radius 2 is 2.08 bits per heavy atom. The molecule has 0 saturated carbocycles. The third-order valence-corrected chi connectivity index (χ3v) is 3.62. The van der Waals surface area contributed by atoms with Gasteiger partial charge in [0.2, 0.25) is 0 Å². The lowest BCUT2D eigenvalue weighted by molar-refractivity contribution is 0.457. The van der Waals surface area contributed by atoms with Crippen molar-refractivity contribution in [2.45, 2.75) is 18.8 Å². The van der Waals surface area contributed by atoms with Crippen LogP contribution in [-0.4, -0.2) is 23.3 Å². The van der Waals surface area contributed by atoms with E-state index in [1.807, 2.05) is 0 Å². The number of nitrogens with zero attached hydrogens (tertiary/aromatic N) is 2. The lowest BCUT2D eigenvalue weighted by atomic mass is 9.99. The number of halogens is 1. The van der Waals surface area contributed by atoms with E-state index in [1.54, 1.807) is 11.3 Å². The van der Waals surface area contributed by atoms with Gasteiger partial charge in [-0.3, -0.25) is 0 Å². The van der Waals surface area contributed by atoms with Gasteiger partial charge in [-0.15, -0.1) is 10.2 Å². The Morgan fingerprint density at radius 3 is 2.67 bits per heavy atom. The molecule has 3 nitrogen and oxygen atoms in total. The summed E-state index contributed by atoms with van der Waals surface area (Å²) in [6.45, 7) is 2.23. The number of aromatic nitrogens is 2. The average molecular weight is 248 g/mol. The molecule has 1 N–H and O–H groups in total. The lowest BCUT2D eigenvalue weighted by Gasteiger charge is -2.19. The molecule has 1 aromatic rings. The monoisotopic (exact) mass is 247 g/mol. The van der Waals surface area contributed by atoms with Gasteiger partial charge >= 0.3 is 0 Å². The Kier molecular flexibility index (Phi) is 2.73. The first kappa shape index (κ1) is 8.59. The topological polar surface area (TPSA) is 37.8 Å². The highest BCUT2D eigenvalue weighted by molar-refractivity contribution is 9.11. The molecular formula is C7H10BrN3S. The first-order valence-corrected chi connectivity index (χ1v) is 5.67. The first-order valence-electron chi connectivity index (χ1n) is 4.06. The maximum atomic E-state index is 4.13. The van der Waals surface area contributed by atoms with Gasteiger partial charge in [-0.1, -0.05) is 11.3 Å². The van der Waals surface area contributed by atoms with Crippen LogP contribution in [0.2, 0.25) is 0 Å². The van der Waals surface area contributed by atoms with E-state index in [9.17, 15) is 0 Å². The fourth-order valence-electron chi connectivity index (χ4n) is 1.45. The fourth-order valence-corrected chi connectivity index (χ4v) is 2.76. The minimum atomic E-state index is 0.634. The normalized spacial score (nSPS) is 19.8. The van der Waals surface area contributed by atoms with Crippen molar-refractivity contribution in [3.8, 4) is 0 Å². The van der Waals surface area contributed by atoms with Gasteiger partial charge in [0, 0.05) is 5.92 Å². The van der Waals surface area contributed by atoms with Crippen molar-refractivity contribution in [2.24, 2.45) is 0 Å². The molecule has 1 fully saturated rings. The van der Waals surface area contributed by atoms with Crippen molar-refractivity contribution in [3.05, 3.63) is 8.92 Å². The van der Waals surface area contributed by atoms with Crippen LogP contribution in [-0.2, 0) is 0 Å². The lowest BCUT2D eigenvalue weighted by Crippen LogP contribution is -2.26. The average Bonchev–Trinajstić information content (AvgIpc) is 2.54. The summed E-state index contributed by atoms with van der Waals surface area (Å²) in [7, 11) is 0. The number of rotatable bonds is 1. The van der Waals surface area contributed by atoms with Crippen LogP contribution in [0.15, 0.2) is 3.92 Å². The molecule has 0 bridgehead atoms. The summed E-state index contributed by atoms with van der Waals surface area (Å²) in [4.78, 5) is 0. The largest absolute Gasteiger partial charge is 0.317 e. The molecule has 66 valence electrons. The second-order valence-corrected chi connectivity index (χ2v) is 5.20. The van der Waals surface area contributed by atoms with Gasteiger partial charge in [0.25, 0.3) is 0 Å². The van der Waals surface area contributed by atoms with Crippen LogP contribution in [0.4, 0.5) is 0 Å². The Labute approximate surface area is 83.7 Å². The predicted octanol–water partition coefficient (Wildman–Crippen LogP) is 1.77. The van der Waals surface area contributed by atoms with Crippen LogP contribution in [0.3, 0.4) is 0 Å². The maximum Gasteiger partial charge on any atom is 0.183 e. The van der Waals surface area contributed by atoms with Crippen molar-refractivity contribution in [3.63, 3.8) is 0 Å². The minimum absolute atomic E-state index is 0.634. The molecular weight excluding hydrogens is 238 g/mol. The zero-order valence-electron chi connectivity index (χ0n) is 6.59. The van der Waals surface area contributed by atoms with E-state index in [4.69, 9.17) is 0 Å². The van der Waals surface area contributed by atoms with Crippen molar-refractivity contribution < 1.29 is 0 Å². The quantitative estimate of drug-likeness (QED) is 0.823. The van der Waals surface area contributed by atoms with Gasteiger partial charge in [0.15, 0.2) is 3.92 Å². The Morgan fingerprint density at radius 1 is 1.33 bits per heavy atom. The van der Waals surface area contributed by atoms with Gasteiger partial charge in [-0.05, 0) is 41.9 Å². The Hall–Kier alpha value is -0.0000000000000000555. The molecule has 12 heavy (non-hydrogen) atoms. The van der Waals surface area contributed by atoms with Gasteiger partial charge in [0.1, 0.15) is 5.01 Å². The molecule has 0 unspecified atom stereocenters. The number of hydrogen-bond acceptors (Lipinski definition) is 4. The second-order valence-electron chi connectivity index (χ2n) is 2.92. The van der Waals surface area contributed by atoms with E-state index < -0.39 is 0 Å². The zero-order valence-corrected chi connectivity index (χ0v) is 8.99. The maximum absolute atomic E-state index is 4.13. The summed E-state index contributed by atoms with van der Waals surface area (Å²) < 4.78 is 0.899. The Balaban J connectivity index is 2.08. The van der Waals surface area contributed by atoms with E-state index >= 15 is 0 Å². The van der Waals surface area contributed by atoms with Crippen molar-refractivity contribution >= 4 is 27.3 Å². The molecule has 1 saturated heterocycles. The Bertz CT molecular complexity index is 257. The van der Waals surface area contributed by atoms with E-state index in [1.165, 1.54) is 17.8 Å². The second kappa shape index (κ2) is 3.81. The third kappa shape index (κ3) is 1.84. The summed E-state index contributed by atoms with van der Waals surface area (Å²) in [6.07, 6.45) is 2.39. The van der Waals surface area contributed by atoms with Gasteiger partial charge < -0.3 is 5.32 Å². The summed E-state index contributed by atoms with van der Waals surface area (Å²) in [6, 6.07) is 0. The first-order chi connectivity index (χ1) is 5.86. The molecule has 0 aromatic carbocycles. The van der Waals surface area contributed by atoms with Crippen LogP contribution in [0.1, 0.15) is 23.8 Å². The standard InChI is InChI=1S/C7H10BrN3S/c8-7-11-10-6(12-7)5-1-3-9-4-2-5/h5,9H,1-4H2. The minimum Gasteiger partial charge on any atom is -0.317 e. The molecule has 1 aromatic heterocycles. The van der Waals surface area contributed by atoms with Crippen molar-refractivity contribution in [1.82, 2.24) is 15.5 Å². The molecule has 0 atom stereocenters.